The lowest BCUT2D eigenvalue weighted by Crippen LogP contribution is -2.29. The van der Waals surface area contributed by atoms with Crippen LogP contribution in [0.3, 0.4) is 0 Å². The van der Waals surface area contributed by atoms with Gasteiger partial charge in [0.05, 0.1) is 16.8 Å². The molecule has 1 aliphatic rings. The summed E-state index contributed by atoms with van der Waals surface area (Å²) in [6, 6.07) is 8.22. The number of carbonyl (C=O) groups excluding carboxylic acids is 1. The highest BCUT2D eigenvalue weighted by molar-refractivity contribution is 7.18. The second-order valence-corrected chi connectivity index (χ2v) is 6.18. The first-order valence-electron chi connectivity index (χ1n) is 6.60. The minimum atomic E-state index is 0.0874. The molecule has 2 unspecified atom stereocenters. The number of nitrogens with one attached hydrogen (secondary N) is 1. The first-order valence-corrected chi connectivity index (χ1v) is 7.42. The van der Waals surface area contributed by atoms with E-state index in [1.807, 2.05) is 24.3 Å². The lowest BCUT2D eigenvalue weighted by atomic mass is 10.1. The number of thiazole rings is 1. The molecule has 1 amide bonds. The number of hydrogen-bond acceptors (Lipinski definition) is 4. The molecule has 0 bridgehead atoms. The van der Waals surface area contributed by atoms with Gasteiger partial charge in [-0.05, 0) is 31.4 Å². The minimum absolute atomic E-state index is 0.0874. The monoisotopic (exact) mass is 275 g/mol. The SMILES string of the molecule is NC1CCC(C(=O)NCc2nc3ccccc3s2)C1. The van der Waals surface area contributed by atoms with Crippen LogP contribution >= 0.6 is 11.3 Å². The lowest BCUT2D eigenvalue weighted by molar-refractivity contribution is -0.125. The molecular formula is C14H17N3OS. The Morgan fingerprint density at radius 1 is 1.42 bits per heavy atom. The van der Waals surface area contributed by atoms with E-state index in [2.05, 4.69) is 10.3 Å². The number of rotatable bonds is 3. The van der Waals surface area contributed by atoms with Crippen molar-refractivity contribution in [2.75, 3.05) is 0 Å². The van der Waals surface area contributed by atoms with Gasteiger partial charge in [-0.25, -0.2) is 4.98 Å². The van der Waals surface area contributed by atoms with E-state index < -0.39 is 0 Å². The van der Waals surface area contributed by atoms with E-state index in [4.69, 9.17) is 5.73 Å². The molecule has 100 valence electrons. The van der Waals surface area contributed by atoms with Gasteiger partial charge in [0.25, 0.3) is 0 Å². The third-order valence-corrected chi connectivity index (χ3v) is 4.63. The standard InChI is InChI=1S/C14H17N3OS/c15-10-6-5-9(7-10)14(18)16-8-13-17-11-3-1-2-4-12(11)19-13/h1-4,9-10H,5-8,15H2,(H,16,18). The van der Waals surface area contributed by atoms with E-state index in [9.17, 15) is 4.79 Å². The van der Waals surface area contributed by atoms with Crippen molar-refractivity contribution in [1.29, 1.82) is 0 Å². The summed E-state index contributed by atoms with van der Waals surface area (Å²) in [5.41, 5.74) is 6.83. The maximum Gasteiger partial charge on any atom is 0.223 e. The van der Waals surface area contributed by atoms with Crippen molar-refractivity contribution in [2.24, 2.45) is 11.7 Å². The summed E-state index contributed by atoms with van der Waals surface area (Å²) in [4.78, 5) is 16.5. The number of nitrogens with two attached hydrogens (primary N) is 1. The van der Waals surface area contributed by atoms with E-state index in [1.54, 1.807) is 11.3 Å². The topological polar surface area (TPSA) is 68.0 Å². The highest BCUT2D eigenvalue weighted by Crippen LogP contribution is 2.25. The third-order valence-electron chi connectivity index (χ3n) is 3.60. The number of fused-ring (bicyclic) bond motifs is 1. The Kier molecular flexibility index (Phi) is 3.48. The molecule has 0 spiro atoms. The van der Waals surface area contributed by atoms with Gasteiger partial charge in [-0.15, -0.1) is 11.3 Å². The van der Waals surface area contributed by atoms with Crippen LogP contribution in [0.25, 0.3) is 10.2 Å². The molecule has 0 radical (unpaired) electrons. The fraction of sp³-hybridized carbons (Fsp3) is 0.429. The number of benzene rings is 1. The summed E-state index contributed by atoms with van der Waals surface area (Å²) in [5, 5.41) is 3.93. The van der Waals surface area contributed by atoms with Crippen molar-refractivity contribution in [3.8, 4) is 0 Å². The van der Waals surface area contributed by atoms with Gasteiger partial charge in [0.2, 0.25) is 5.91 Å². The van der Waals surface area contributed by atoms with Gasteiger partial charge < -0.3 is 11.1 Å². The summed E-state index contributed by atoms with van der Waals surface area (Å²) < 4.78 is 1.16. The summed E-state index contributed by atoms with van der Waals surface area (Å²) in [7, 11) is 0. The molecule has 1 aromatic carbocycles. The molecule has 19 heavy (non-hydrogen) atoms. The molecule has 1 heterocycles. The Balaban J connectivity index is 1.61. The number of para-hydroxylation sites is 1. The molecule has 1 saturated carbocycles. The van der Waals surface area contributed by atoms with Gasteiger partial charge >= 0.3 is 0 Å². The fourth-order valence-electron chi connectivity index (χ4n) is 2.56. The van der Waals surface area contributed by atoms with Crippen molar-refractivity contribution in [2.45, 2.75) is 31.8 Å². The third kappa shape index (κ3) is 2.77. The Morgan fingerprint density at radius 2 is 2.26 bits per heavy atom. The number of amides is 1. The predicted octanol–water partition coefficient (Wildman–Crippen LogP) is 2.04. The molecule has 0 aliphatic heterocycles. The zero-order chi connectivity index (χ0) is 13.2. The smallest absolute Gasteiger partial charge is 0.223 e. The Bertz CT molecular complexity index is 562. The van der Waals surface area contributed by atoms with Crippen molar-refractivity contribution < 1.29 is 4.79 Å². The largest absolute Gasteiger partial charge is 0.349 e. The molecule has 5 heteroatoms. The van der Waals surface area contributed by atoms with Crippen molar-refractivity contribution in [1.82, 2.24) is 10.3 Å². The van der Waals surface area contributed by atoms with Crippen LogP contribution < -0.4 is 11.1 Å². The molecule has 2 atom stereocenters. The van der Waals surface area contributed by atoms with Crippen molar-refractivity contribution in [3.63, 3.8) is 0 Å². The molecule has 1 aliphatic carbocycles. The maximum absolute atomic E-state index is 12.0. The average molecular weight is 275 g/mol. The van der Waals surface area contributed by atoms with Crippen LogP contribution in [0.4, 0.5) is 0 Å². The maximum atomic E-state index is 12.0. The Hall–Kier alpha value is -1.46. The van der Waals surface area contributed by atoms with Gasteiger partial charge in [-0.3, -0.25) is 4.79 Å². The fourth-order valence-corrected chi connectivity index (χ4v) is 3.46. The van der Waals surface area contributed by atoms with Crippen LogP contribution in [-0.2, 0) is 11.3 Å². The van der Waals surface area contributed by atoms with Crippen LogP contribution in [-0.4, -0.2) is 16.9 Å². The second kappa shape index (κ2) is 5.27. The zero-order valence-corrected chi connectivity index (χ0v) is 11.5. The molecular weight excluding hydrogens is 258 g/mol. The summed E-state index contributed by atoms with van der Waals surface area (Å²) >= 11 is 1.63. The first kappa shape index (κ1) is 12.6. The van der Waals surface area contributed by atoms with E-state index in [0.29, 0.717) is 6.54 Å². The molecule has 3 rings (SSSR count). The predicted molar refractivity (Wildman–Crippen MR) is 76.8 cm³/mol. The highest BCUT2D eigenvalue weighted by atomic mass is 32.1. The normalized spacial score (nSPS) is 22.8. The number of nitrogens with zero attached hydrogens (tertiary/aromatic N) is 1. The van der Waals surface area contributed by atoms with E-state index >= 15 is 0 Å². The number of aromatic nitrogens is 1. The van der Waals surface area contributed by atoms with Crippen LogP contribution in [0, 0.1) is 5.92 Å². The molecule has 1 fully saturated rings. The van der Waals surface area contributed by atoms with Gasteiger partial charge in [-0.2, -0.15) is 0 Å². The van der Waals surface area contributed by atoms with Crippen molar-refractivity contribution >= 4 is 27.5 Å². The van der Waals surface area contributed by atoms with Gasteiger partial charge in [-0.1, -0.05) is 12.1 Å². The quantitative estimate of drug-likeness (QED) is 0.900. The molecule has 1 aromatic heterocycles. The molecule has 4 nitrogen and oxygen atoms in total. The van der Waals surface area contributed by atoms with E-state index in [0.717, 1.165) is 34.5 Å². The summed E-state index contributed by atoms with van der Waals surface area (Å²) in [6.07, 6.45) is 2.68. The minimum Gasteiger partial charge on any atom is -0.349 e. The highest BCUT2D eigenvalue weighted by Gasteiger charge is 2.27. The molecule has 2 aromatic rings. The first-order chi connectivity index (χ1) is 9.22. The van der Waals surface area contributed by atoms with Crippen molar-refractivity contribution in [3.05, 3.63) is 29.3 Å². The molecule has 0 saturated heterocycles. The van der Waals surface area contributed by atoms with Crippen LogP contribution in [0.15, 0.2) is 24.3 Å². The number of hydrogen-bond donors (Lipinski definition) is 2. The lowest BCUT2D eigenvalue weighted by Gasteiger charge is -2.09. The Labute approximate surface area is 116 Å². The Morgan fingerprint density at radius 3 is 3.00 bits per heavy atom. The van der Waals surface area contributed by atoms with Gasteiger partial charge in [0, 0.05) is 12.0 Å². The summed E-state index contributed by atoms with van der Waals surface area (Å²) in [5.74, 6) is 0.205. The van der Waals surface area contributed by atoms with E-state index in [1.165, 1.54) is 0 Å². The van der Waals surface area contributed by atoms with Gasteiger partial charge in [0.15, 0.2) is 0 Å². The van der Waals surface area contributed by atoms with Crippen LogP contribution in [0.5, 0.6) is 0 Å². The number of carbonyl (C=O) groups is 1. The zero-order valence-electron chi connectivity index (χ0n) is 10.6. The van der Waals surface area contributed by atoms with Crippen LogP contribution in [0.2, 0.25) is 0 Å². The van der Waals surface area contributed by atoms with Crippen LogP contribution in [0.1, 0.15) is 24.3 Å². The summed E-state index contributed by atoms with van der Waals surface area (Å²) in [6.45, 7) is 0.518. The average Bonchev–Trinajstić information content (AvgIpc) is 3.01. The molecule has 3 N–H and O–H groups in total. The second-order valence-electron chi connectivity index (χ2n) is 5.06. The van der Waals surface area contributed by atoms with E-state index in [-0.39, 0.29) is 17.9 Å². The van der Waals surface area contributed by atoms with Gasteiger partial charge in [0.1, 0.15) is 5.01 Å².